The van der Waals surface area contributed by atoms with E-state index in [9.17, 15) is 0 Å². The van der Waals surface area contributed by atoms with Crippen molar-refractivity contribution in [2.45, 2.75) is 26.9 Å². The minimum Gasteiger partial charge on any atom is -0.365 e. The van der Waals surface area contributed by atoms with Crippen molar-refractivity contribution in [3.63, 3.8) is 0 Å². The number of nitrogens with one attached hydrogen (secondary N) is 1. The molecule has 0 amide bonds. The minimum atomic E-state index is 0.695. The molecule has 0 fully saturated rings. The topological polar surface area (TPSA) is 68.5 Å². The van der Waals surface area contributed by atoms with E-state index in [-0.39, 0.29) is 0 Å². The monoisotopic (exact) mass is 344 g/mol. The summed E-state index contributed by atoms with van der Waals surface area (Å²) in [6.07, 6.45) is 8.90. The largest absolute Gasteiger partial charge is 0.365 e. The van der Waals surface area contributed by atoms with Crippen molar-refractivity contribution < 1.29 is 0 Å². The van der Waals surface area contributed by atoms with Crippen LogP contribution in [0, 0.1) is 13.8 Å². The van der Waals surface area contributed by atoms with Crippen molar-refractivity contribution in [2.24, 2.45) is 0 Å². The van der Waals surface area contributed by atoms with Crippen LogP contribution in [0.2, 0.25) is 0 Å². The molecule has 0 spiro atoms. The highest BCUT2D eigenvalue weighted by atomic mass is 15.1. The van der Waals surface area contributed by atoms with E-state index in [2.05, 4.69) is 49.7 Å². The molecule has 1 N–H and O–H groups in total. The highest BCUT2D eigenvalue weighted by molar-refractivity contribution is 5.91. The number of aryl methyl sites for hydroxylation is 1. The third kappa shape index (κ3) is 3.01. The summed E-state index contributed by atoms with van der Waals surface area (Å²) in [5.41, 5.74) is 5.64. The number of aromatic nitrogens is 5. The van der Waals surface area contributed by atoms with E-state index in [1.165, 1.54) is 11.3 Å². The van der Waals surface area contributed by atoms with Gasteiger partial charge in [0, 0.05) is 37.0 Å². The zero-order valence-corrected chi connectivity index (χ0v) is 14.8. The molecule has 0 aliphatic carbocycles. The van der Waals surface area contributed by atoms with Gasteiger partial charge in [0.25, 0.3) is 0 Å². The fourth-order valence-corrected chi connectivity index (χ4v) is 3.16. The smallest absolute Gasteiger partial charge is 0.146 e. The number of hydrogen-bond donors (Lipinski definition) is 1. The molecule has 0 saturated heterocycles. The fourth-order valence-electron chi connectivity index (χ4n) is 3.16. The van der Waals surface area contributed by atoms with Crippen LogP contribution < -0.4 is 5.32 Å². The molecule has 0 unspecified atom stereocenters. The molecule has 4 rings (SSSR count). The number of pyridine rings is 2. The highest BCUT2D eigenvalue weighted by Crippen LogP contribution is 2.29. The number of hydrogen-bond acceptors (Lipinski definition) is 5. The molecule has 4 aromatic heterocycles. The second-order valence-electron chi connectivity index (χ2n) is 6.29. The number of rotatable bonds is 5. The maximum absolute atomic E-state index is 4.56. The summed E-state index contributed by atoms with van der Waals surface area (Å²) >= 11 is 0. The summed E-state index contributed by atoms with van der Waals surface area (Å²) < 4.78 is 2.22. The molecule has 26 heavy (non-hydrogen) atoms. The van der Waals surface area contributed by atoms with Crippen LogP contribution in [-0.2, 0) is 13.1 Å². The van der Waals surface area contributed by atoms with E-state index < -0.39 is 0 Å². The zero-order chi connectivity index (χ0) is 17.9. The molecule has 0 saturated carbocycles. The minimum absolute atomic E-state index is 0.695. The summed E-state index contributed by atoms with van der Waals surface area (Å²) in [4.78, 5) is 17.3. The van der Waals surface area contributed by atoms with Gasteiger partial charge in [-0.3, -0.25) is 9.97 Å². The molecule has 0 radical (unpaired) electrons. The Balaban J connectivity index is 1.71. The SMILES string of the molecule is Cc1c(C)n(Cc2cccnc2)c2ncnc(NCc3ccncc3)c12. The second-order valence-corrected chi connectivity index (χ2v) is 6.29. The van der Waals surface area contributed by atoms with E-state index in [1.54, 1.807) is 24.9 Å². The average Bonchev–Trinajstić information content (AvgIpc) is 2.93. The summed E-state index contributed by atoms with van der Waals surface area (Å²) in [6, 6.07) is 8.03. The number of nitrogens with zero attached hydrogens (tertiary/aromatic N) is 5. The van der Waals surface area contributed by atoms with Gasteiger partial charge in [-0.1, -0.05) is 6.07 Å². The van der Waals surface area contributed by atoms with Crippen molar-refractivity contribution in [1.29, 1.82) is 0 Å². The zero-order valence-electron chi connectivity index (χ0n) is 14.8. The van der Waals surface area contributed by atoms with E-state index in [0.717, 1.165) is 34.5 Å². The van der Waals surface area contributed by atoms with Crippen molar-refractivity contribution in [3.8, 4) is 0 Å². The van der Waals surface area contributed by atoms with E-state index in [0.29, 0.717) is 6.54 Å². The van der Waals surface area contributed by atoms with Crippen molar-refractivity contribution in [3.05, 3.63) is 77.8 Å². The fraction of sp³-hybridized carbons (Fsp3) is 0.200. The standard InChI is InChI=1S/C20H20N6/c1-14-15(2)26(12-17-4-3-7-22-10-17)20-18(14)19(24-13-25-20)23-11-16-5-8-21-9-6-16/h3-10,13H,11-12H2,1-2H3,(H,23,24,25). The molecule has 0 atom stereocenters. The Labute approximate surface area is 152 Å². The third-order valence-corrected chi connectivity index (χ3v) is 4.68. The molecule has 6 nitrogen and oxygen atoms in total. The Bertz CT molecular complexity index is 1020. The van der Waals surface area contributed by atoms with Crippen LogP contribution in [-0.4, -0.2) is 24.5 Å². The van der Waals surface area contributed by atoms with Gasteiger partial charge in [-0.15, -0.1) is 0 Å². The summed E-state index contributed by atoms with van der Waals surface area (Å²) in [6.45, 7) is 5.68. The molecule has 4 aromatic rings. The lowest BCUT2D eigenvalue weighted by Gasteiger charge is -2.09. The molecule has 130 valence electrons. The molecule has 0 aliphatic rings. The number of anilines is 1. The molecule has 6 heteroatoms. The van der Waals surface area contributed by atoms with Gasteiger partial charge in [-0.05, 0) is 48.7 Å². The van der Waals surface area contributed by atoms with E-state index in [1.807, 2.05) is 24.4 Å². The Morgan fingerprint density at radius 2 is 1.81 bits per heavy atom. The first-order valence-electron chi connectivity index (χ1n) is 8.56. The van der Waals surface area contributed by atoms with Crippen LogP contribution >= 0.6 is 0 Å². The lowest BCUT2D eigenvalue weighted by molar-refractivity contribution is 0.786. The van der Waals surface area contributed by atoms with Crippen molar-refractivity contribution in [2.75, 3.05) is 5.32 Å². The van der Waals surface area contributed by atoms with Crippen LogP contribution in [0.3, 0.4) is 0 Å². The highest BCUT2D eigenvalue weighted by Gasteiger charge is 2.16. The first kappa shape index (κ1) is 16.2. The Kier molecular flexibility index (Phi) is 4.31. The maximum atomic E-state index is 4.56. The second kappa shape index (κ2) is 6.92. The summed E-state index contributed by atoms with van der Waals surface area (Å²) in [5, 5.41) is 4.52. The van der Waals surface area contributed by atoms with Crippen LogP contribution in [0.25, 0.3) is 11.0 Å². The molecule has 0 aromatic carbocycles. The molecule has 0 bridgehead atoms. The predicted molar refractivity (Wildman–Crippen MR) is 102 cm³/mol. The normalized spacial score (nSPS) is 11.0. The Morgan fingerprint density at radius 1 is 0.962 bits per heavy atom. The molecular formula is C20H20N6. The van der Waals surface area contributed by atoms with Gasteiger partial charge in [-0.25, -0.2) is 9.97 Å². The van der Waals surface area contributed by atoms with Gasteiger partial charge in [0.05, 0.1) is 11.9 Å². The van der Waals surface area contributed by atoms with Gasteiger partial charge < -0.3 is 9.88 Å². The van der Waals surface area contributed by atoms with Gasteiger partial charge in [-0.2, -0.15) is 0 Å². The quantitative estimate of drug-likeness (QED) is 0.600. The molecule has 4 heterocycles. The lowest BCUT2D eigenvalue weighted by Crippen LogP contribution is -2.05. The first-order chi connectivity index (χ1) is 12.7. The Hall–Kier alpha value is -3.28. The molecule has 0 aliphatic heterocycles. The maximum Gasteiger partial charge on any atom is 0.146 e. The average molecular weight is 344 g/mol. The predicted octanol–water partition coefficient (Wildman–Crippen LogP) is 3.50. The Morgan fingerprint density at radius 3 is 2.58 bits per heavy atom. The molecular weight excluding hydrogens is 324 g/mol. The van der Waals surface area contributed by atoms with Gasteiger partial charge in [0.2, 0.25) is 0 Å². The van der Waals surface area contributed by atoms with Gasteiger partial charge in [0.1, 0.15) is 17.8 Å². The van der Waals surface area contributed by atoms with Gasteiger partial charge in [0.15, 0.2) is 0 Å². The van der Waals surface area contributed by atoms with E-state index in [4.69, 9.17) is 0 Å². The summed E-state index contributed by atoms with van der Waals surface area (Å²) in [5.74, 6) is 0.859. The van der Waals surface area contributed by atoms with Gasteiger partial charge >= 0.3 is 0 Å². The first-order valence-corrected chi connectivity index (χ1v) is 8.56. The van der Waals surface area contributed by atoms with Crippen LogP contribution in [0.5, 0.6) is 0 Å². The van der Waals surface area contributed by atoms with Crippen molar-refractivity contribution >= 4 is 16.9 Å². The third-order valence-electron chi connectivity index (χ3n) is 4.68. The van der Waals surface area contributed by atoms with Crippen LogP contribution in [0.15, 0.2) is 55.4 Å². The lowest BCUT2D eigenvalue weighted by atomic mass is 10.2. The van der Waals surface area contributed by atoms with Crippen LogP contribution in [0.4, 0.5) is 5.82 Å². The van der Waals surface area contributed by atoms with E-state index >= 15 is 0 Å². The van der Waals surface area contributed by atoms with Crippen LogP contribution in [0.1, 0.15) is 22.4 Å². The number of fused-ring (bicyclic) bond motifs is 1. The van der Waals surface area contributed by atoms with Crippen molar-refractivity contribution in [1.82, 2.24) is 24.5 Å². The summed E-state index contributed by atoms with van der Waals surface area (Å²) in [7, 11) is 0.